The van der Waals surface area contributed by atoms with Crippen LogP contribution in [0.3, 0.4) is 0 Å². The van der Waals surface area contributed by atoms with Gasteiger partial charge in [-0.2, -0.15) is 18.2 Å². The van der Waals surface area contributed by atoms with Crippen LogP contribution in [0.5, 0.6) is 0 Å². The van der Waals surface area contributed by atoms with Crippen molar-refractivity contribution in [3.8, 4) is 0 Å². The maximum atomic E-state index is 13.0. The van der Waals surface area contributed by atoms with E-state index in [1.54, 1.807) is 10.7 Å². The number of nitrogens with zero attached hydrogens (tertiary/aromatic N) is 6. The molecular weight excluding hydrogens is 455 g/mol. The number of aromatic nitrogens is 4. The maximum absolute atomic E-state index is 13.0. The van der Waals surface area contributed by atoms with E-state index >= 15 is 0 Å². The molecule has 0 saturated carbocycles. The number of hydrogen-bond acceptors (Lipinski definition) is 6. The number of rotatable bonds is 4. The molecule has 2 fully saturated rings. The summed E-state index contributed by atoms with van der Waals surface area (Å²) in [6.45, 7) is 2.48. The molecule has 0 spiro atoms. The molecule has 7 nitrogen and oxygen atoms in total. The number of nitrogens with one attached hydrogen (secondary N) is 1. The van der Waals surface area contributed by atoms with Crippen LogP contribution in [0.15, 0.2) is 36.7 Å². The van der Waals surface area contributed by atoms with Crippen LogP contribution in [0.1, 0.15) is 25.7 Å². The van der Waals surface area contributed by atoms with Crippen LogP contribution in [0, 0.1) is 5.92 Å². The van der Waals surface area contributed by atoms with Gasteiger partial charge in [-0.25, -0.2) is 9.50 Å². The Hall–Kier alpha value is -2.75. The maximum Gasteiger partial charge on any atom is 0.391 e. The van der Waals surface area contributed by atoms with Crippen LogP contribution in [-0.4, -0.2) is 58.0 Å². The van der Waals surface area contributed by atoms with Crippen LogP contribution >= 0.6 is 11.6 Å². The van der Waals surface area contributed by atoms with Crippen molar-refractivity contribution in [2.45, 2.75) is 37.9 Å². The lowest BCUT2D eigenvalue weighted by Crippen LogP contribution is -2.39. The molecule has 0 bridgehead atoms. The van der Waals surface area contributed by atoms with E-state index in [0.717, 1.165) is 37.3 Å². The van der Waals surface area contributed by atoms with Crippen LogP contribution in [-0.2, 0) is 0 Å². The first-order valence-electron chi connectivity index (χ1n) is 11.2. The Labute approximate surface area is 194 Å². The summed E-state index contributed by atoms with van der Waals surface area (Å²) in [6.07, 6.45) is 1.46. The Balaban J connectivity index is 1.24. The quantitative estimate of drug-likeness (QED) is 0.550. The molecule has 0 amide bonds. The Kier molecular flexibility index (Phi) is 5.94. The Morgan fingerprint density at radius 2 is 1.73 bits per heavy atom. The Morgan fingerprint density at radius 1 is 1.00 bits per heavy atom. The number of halogens is 4. The highest BCUT2D eigenvalue weighted by Gasteiger charge is 2.41. The first-order valence-corrected chi connectivity index (χ1v) is 11.5. The van der Waals surface area contributed by atoms with Crippen molar-refractivity contribution >= 4 is 34.6 Å². The van der Waals surface area contributed by atoms with Crippen molar-refractivity contribution in [3.63, 3.8) is 0 Å². The molecule has 0 atom stereocenters. The van der Waals surface area contributed by atoms with E-state index in [1.807, 2.05) is 35.4 Å². The highest BCUT2D eigenvalue weighted by molar-refractivity contribution is 6.29. The van der Waals surface area contributed by atoms with Crippen LogP contribution in [0.2, 0.25) is 5.15 Å². The zero-order valence-corrected chi connectivity index (χ0v) is 18.7. The largest absolute Gasteiger partial charge is 0.391 e. The molecule has 5 heterocycles. The standard InChI is InChI=1S/C22H25ClF3N7/c23-19-14-17(3-8-27-19)31-12-6-16(7-13-31)28-21-29-20-18(2-1-9-33(20)30-21)32-10-4-15(5-11-32)22(24,25)26/h1-3,8-9,14-16H,4-7,10-13H2,(H,28,30). The number of pyridine rings is 2. The first-order chi connectivity index (χ1) is 15.9. The van der Waals surface area contributed by atoms with E-state index < -0.39 is 12.1 Å². The molecule has 1 N–H and O–H groups in total. The second kappa shape index (κ2) is 8.89. The molecule has 0 aromatic carbocycles. The number of piperidine rings is 2. The molecule has 3 aromatic heterocycles. The van der Waals surface area contributed by atoms with Gasteiger partial charge < -0.3 is 15.1 Å². The monoisotopic (exact) mass is 479 g/mol. The minimum absolute atomic E-state index is 0.102. The van der Waals surface area contributed by atoms with Crippen LogP contribution in [0.4, 0.5) is 30.5 Å². The van der Waals surface area contributed by atoms with Crippen molar-refractivity contribution in [2.75, 3.05) is 41.3 Å². The lowest BCUT2D eigenvalue weighted by Gasteiger charge is -2.34. The predicted molar refractivity (Wildman–Crippen MR) is 122 cm³/mol. The highest BCUT2D eigenvalue weighted by atomic mass is 35.5. The van der Waals surface area contributed by atoms with Gasteiger partial charge in [-0.05, 0) is 49.9 Å². The molecule has 2 aliphatic rings. The third-order valence-corrected chi connectivity index (χ3v) is 6.75. The van der Waals surface area contributed by atoms with E-state index in [9.17, 15) is 13.2 Å². The molecular formula is C22H25ClF3N7. The normalized spacial score (nSPS) is 18.8. The molecule has 2 aliphatic heterocycles. The van der Waals surface area contributed by atoms with Crippen molar-refractivity contribution in [3.05, 3.63) is 41.8 Å². The first kappa shape index (κ1) is 22.1. The molecule has 176 valence electrons. The van der Waals surface area contributed by atoms with E-state index in [2.05, 4.69) is 25.3 Å². The van der Waals surface area contributed by atoms with E-state index in [4.69, 9.17) is 11.6 Å². The molecule has 3 aromatic rings. The summed E-state index contributed by atoms with van der Waals surface area (Å²) in [5.74, 6) is -0.685. The summed E-state index contributed by atoms with van der Waals surface area (Å²) >= 11 is 6.01. The fraction of sp³-hybridized carbons (Fsp3) is 0.500. The fourth-order valence-electron chi connectivity index (χ4n) is 4.70. The van der Waals surface area contributed by atoms with Gasteiger partial charge in [0.05, 0.1) is 11.6 Å². The lowest BCUT2D eigenvalue weighted by molar-refractivity contribution is -0.179. The summed E-state index contributed by atoms with van der Waals surface area (Å²) in [6, 6.07) is 7.83. The van der Waals surface area contributed by atoms with Gasteiger partial charge in [0.2, 0.25) is 5.95 Å². The highest BCUT2D eigenvalue weighted by Crippen LogP contribution is 2.36. The van der Waals surface area contributed by atoms with E-state index in [0.29, 0.717) is 29.8 Å². The van der Waals surface area contributed by atoms with Crippen LogP contribution in [0.25, 0.3) is 5.65 Å². The zero-order chi connectivity index (χ0) is 23.0. The Morgan fingerprint density at radius 3 is 2.42 bits per heavy atom. The third-order valence-electron chi connectivity index (χ3n) is 6.54. The number of fused-ring (bicyclic) bond motifs is 1. The minimum Gasteiger partial charge on any atom is -0.371 e. The molecule has 5 rings (SSSR count). The predicted octanol–water partition coefficient (Wildman–Crippen LogP) is 4.64. The van der Waals surface area contributed by atoms with Gasteiger partial charge in [0, 0.05) is 50.3 Å². The molecule has 2 saturated heterocycles. The third kappa shape index (κ3) is 4.80. The molecule has 0 radical (unpaired) electrons. The zero-order valence-electron chi connectivity index (χ0n) is 18.0. The van der Waals surface area contributed by atoms with Gasteiger partial charge in [0.1, 0.15) is 5.15 Å². The summed E-state index contributed by atoms with van der Waals surface area (Å²) in [7, 11) is 0. The van der Waals surface area contributed by atoms with Crippen molar-refractivity contribution in [1.82, 2.24) is 19.6 Å². The van der Waals surface area contributed by atoms with E-state index in [1.165, 1.54) is 0 Å². The summed E-state index contributed by atoms with van der Waals surface area (Å²) in [5.41, 5.74) is 2.55. The van der Waals surface area contributed by atoms with Crippen molar-refractivity contribution in [2.24, 2.45) is 5.92 Å². The summed E-state index contributed by atoms with van der Waals surface area (Å²) in [4.78, 5) is 13.0. The number of hydrogen-bond donors (Lipinski definition) is 1. The van der Waals surface area contributed by atoms with Crippen LogP contribution < -0.4 is 15.1 Å². The second-order valence-corrected chi connectivity index (χ2v) is 9.03. The molecule has 0 aliphatic carbocycles. The average Bonchev–Trinajstić information content (AvgIpc) is 3.21. The van der Waals surface area contributed by atoms with Gasteiger partial charge in [0.25, 0.3) is 0 Å². The van der Waals surface area contributed by atoms with Gasteiger partial charge in [-0.1, -0.05) is 11.6 Å². The van der Waals surface area contributed by atoms with E-state index in [-0.39, 0.29) is 18.9 Å². The second-order valence-electron chi connectivity index (χ2n) is 8.64. The van der Waals surface area contributed by atoms with Gasteiger partial charge >= 0.3 is 6.18 Å². The fourth-order valence-corrected chi connectivity index (χ4v) is 4.87. The summed E-state index contributed by atoms with van der Waals surface area (Å²) < 4.78 is 40.8. The van der Waals surface area contributed by atoms with Crippen molar-refractivity contribution in [1.29, 1.82) is 0 Å². The molecule has 11 heteroatoms. The topological polar surface area (TPSA) is 61.6 Å². The summed E-state index contributed by atoms with van der Waals surface area (Å²) in [5, 5.41) is 8.48. The van der Waals surface area contributed by atoms with Gasteiger partial charge in [-0.15, -0.1) is 5.10 Å². The Bertz CT molecular complexity index is 1100. The average molecular weight is 480 g/mol. The molecule has 0 unspecified atom stereocenters. The van der Waals surface area contributed by atoms with Gasteiger partial charge in [0.15, 0.2) is 5.65 Å². The minimum atomic E-state index is -4.12. The van der Waals surface area contributed by atoms with Crippen molar-refractivity contribution < 1.29 is 13.2 Å². The number of anilines is 3. The smallest absolute Gasteiger partial charge is 0.371 e. The lowest BCUT2D eigenvalue weighted by atomic mass is 9.96. The number of alkyl halides is 3. The SMILES string of the molecule is FC(F)(F)C1CCN(c2cccn3nc(NC4CCN(c5ccnc(Cl)c5)CC4)nc23)CC1. The van der Waals surface area contributed by atoms with Gasteiger partial charge in [-0.3, -0.25) is 0 Å². The molecule has 33 heavy (non-hydrogen) atoms.